The van der Waals surface area contributed by atoms with Crippen LogP contribution >= 0.6 is 11.8 Å². The monoisotopic (exact) mass is 353 g/mol. The Hall–Kier alpha value is -1.91. The largest absolute Gasteiger partial charge is 0.338 e. The quantitative estimate of drug-likeness (QED) is 0.694. The third kappa shape index (κ3) is 3.23. The third-order valence-electron chi connectivity index (χ3n) is 3.22. The molecule has 122 valence electrons. The van der Waals surface area contributed by atoms with E-state index in [2.05, 4.69) is 15.1 Å². The summed E-state index contributed by atoms with van der Waals surface area (Å²) < 4.78 is 30.0. The lowest BCUT2D eigenvalue weighted by Gasteiger charge is -2.04. The number of nitrogens with zero attached hydrogens (tertiary/aromatic N) is 4. The molecule has 0 atom stereocenters. The molecule has 10 heteroatoms. The molecule has 1 aromatic carbocycles. The van der Waals surface area contributed by atoms with Gasteiger partial charge in [-0.15, -0.1) is 0 Å². The van der Waals surface area contributed by atoms with Crippen molar-refractivity contribution >= 4 is 32.8 Å². The van der Waals surface area contributed by atoms with Crippen LogP contribution in [0.2, 0.25) is 0 Å². The van der Waals surface area contributed by atoms with E-state index in [1.165, 1.54) is 23.9 Å². The minimum Gasteiger partial charge on any atom is -0.338 e. The van der Waals surface area contributed by atoms with Crippen molar-refractivity contribution in [2.75, 3.05) is 0 Å². The van der Waals surface area contributed by atoms with Gasteiger partial charge in [0.1, 0.15) is 0 Å². The molecular formula is C13H15N5O3S2. The lowest BCUT2D eigenvalue weighted by molar-refractivity contribution is 0.387. The molecule has 8 nitrogen and oxygen atoms in total. The van der Waals surface area contributed by atoms with Gasteiger partial charge in [-0.25, -0.2) is 18.5 Å². The standard InChI is InChI=1S/C13H15N5O3S2/c1-3-18-11-5-4-9(23(14,19)20)6-10(11)16-13(18)22-7-12-15-8(2)17-21-12/h4-6H,3,7H2,1-2H3,(H2,14,19,20). The molecule has 3 aromatic rings. The molecule has 23 heavy (non-hydrogen) atoms. The smallest absolute Gasteiger partial charge is 0.238 e. The van der Waals surface area contributed by atoms with Gasteiger partial charge in [-0.3, -0.25) is 0 Å². The Kier molecular flexibility index (Phi) is 4.13. The number of aromatic nitrogens is 4. The zero-order valence-corrected chi connectivity index (χ0v) is 14.2. The Morgan fingerprint density at radius 2 is 2.13 bits per heavy atom. The molecule has 0 bridgehead atoms. The van der Waals surface area contributed by atoms with Crippen molar-refractivity contribution in [1.82, 2.24) is 19.7 Å². The maximum Gasteiger partial charge on any atom is 0.238 e. The minimum atomic E-state index is -3.75. The van der Waals surface area contributed by atoms with E-state index < -0.39 is 10.0 Å². The highest BCUT2D eigenvalue weighted by molar-refractivity contribution is 7.98. The van der Waals surface area contributed by atoms with Gasteiger partial charge in [0, 0.05) is 6.54 Å². The van der Waals surface area contributed by atoms with Gasteiger partial charge in [-0.1, -0.05) is 16.9 Å². The van der Waals surface area contributed by atoms with Crippen LogP contribution in [0.4, 0.5) is 0 Å². The number of rotatable bonds is 5. The molecular weight excluding hydrogens is 338 g/mol. The first-order chi connectivity index (χ1) is 10.9. The molecule has 0 fully saturated rings. The number of nitrogens with two attached hydrogens (primary N) is 1. The van der Waals surface area contributed by atoms with E-state index >= 15 is 0 Å². The van der Waals surface area contributed by atoms with E-state index in [0.717, 1.165) is 10.7 Å². The molecule has 0 unspecified atom stereocenters. The van der Waals surface area contributed by atoms with E-state index in [1.54, 1.807) is 13.0 Å². The normalized spacial score (nSPS) is 12.1. The summed E-state index contributed by atoms with van der Waals surface area (Å²) in [5.41, 5.74) is 1.44. The Labute approximate surface area is 137 Å². The van der Waals surface area contributed by atoms with Crippen LogP contribution in [-0.2, 0) is 22.3 Å². The van der Waals surface area contributed by atoms with Crippen molar-refractivity contribution in [2.24, 2.45) is 5.14 Å². The number of hydrogen-bond donors (Lipinski definition) is 1. The van der Waals surface area contributed by atoms with E-state index in [4.69, 9.17) is 9.66 Å². The van der Waals surface area contributed by atoms with Crippen LogP contribution in [0.3, 0.4) is 0 Å². The molecule has 0 aliphatic heterocycles. The van der Waals surface area contributed by atoms with Crippen LogP contribution in [-0.4, -0.2) is 28.1 Å². The lowest BCUT2D eigenvalue weighted by Crippen LogP contribution is -2.11. The summed E-state index contributed by atoms with van der Waals surface area (Å²) in [5, 5.41) is 9.67. The van der Waals surface area contributed by atoms with Crippen LogP contribution in [0.25, 0.3) is 11.0 Å². The fraction of sp³-hybridized carbons (Fsp3) is 0.308. The Bertz CT molecular complexity index is 961. The molecule has 2 heterocycles. The second-order valence-corrected chi connectivity index (χ2v) is 7.36. The van der Waals surface area contributed by atoms with E-state index in [-0.39, 0.29) is 4.90 Å². The maximum atomic E-state index is 11.5. The van der Waals surface area contributed by atoms with Crippen molar-refractivity contribution in [3.8, 4) is 0 Å². The number of fused-ring (bicyclic) bond motifs is 1. The van der Waals surface area contributed by atoms with Crippen molar-refractivity contribution in [1.29, 1.82) is 0 Å². The predicted molar refractivity (Wildman–Crippen MR) is 85.4 cm³/mol. The van der Waals surface area contributed by atoms with Crippen LogP contribution in [0.5, 0.6) is 0 Å². The number of thioether (sulfide) groups is 1. The molecule has 0 aliphatic rings. The molecule has 0 amide bonds. The summed E-state index contributed by atoms with van der Waals surface area (Å²) in [7, 11) is -3.75. The van der Waals surface area contributed by atoms with Gasteiger partial charge in [-0.05, 0) is 32.0 Å². The van der Waals surface area contributed by atoms with Gasteiger partial charge in [0.15, 0.2) is 11.0 Å². The highest BCUT2D eigenvalue weighted by Crippen LogP contribution is 2.27. The van der Waals surface area contributed by atoms with Crippen LogP contribution in [0.1, 0.15) is 18.6 Å². The lowest BCUT2D eigenvalue weighted by atomic mass is 10.3. The van der Waals surface area contributed by atoms with Crippen molar-refractivity contribution < 1.29 is 12.9 Å². The van der Waals surface area contributed by atoms with Crippen LogP contribution < -0.4 is 5.14 Å². The van der Waals surface area contributed by atoms with Gasteiger partial charge in [0.2, 0.25) is 15.9 Å². The van der Waals surface area contributed by atoms with E-state index in [1.807, 2.05) is 11.5 Å². The SMILES string of the molecule is CCn1c(SCc2nc(C)no2)nc2cc(S(N)(=O)=O)ccc21. The Morgan fingerprint density at radius 3 is 2.74 bits per heavy atom. The Balaban J connectivity index is 1.96. The van der Waals surface area contributed by atoms with Crippen molar-refractivity contribution in [3.05, 3.63) is 29.9 Å². The highest BCUT2D eigenvalue weighted by Gasteiger charge is 2.15. The van der Waals surface area contributed by atoms with Crippen molar-refractivity contribution in [2.45, 2.75) is 36.2 Å². The molecule has 3 rings (SSSR count). The number of imidazole rings is 1. The summed E-state index contributed by atoms with van der Waals surface area (Å²) in [6, 6.07) is 4.69. The number of primary sulfonamides is 1. The molecule has 0 radical (unpaired) electrons. The fourth-order valence-corrected chi connectivity index (χ4v) is 3.65. The molecule has 2 N–H and O–H groups in total. The minimum absolute atomic E-state index is 0.0508. The highest BCUT2D eigenvalue weighted by atomic mass is 32.2. The predicted octanol–water partition coefficient (Wildman–Crippen LogP) is 1.69. The Morgan fingerprint density at radius 1 is 1.35 bits per heavy atom. The summed E-state index contributed by atoms with van der Waals surface area (Å²) >= 11 is 1.45. The summed E-state index contributed by atoms with van der Waals surface area (Å²) in [6.07, 6.45) is 0. The number of benzene rings is 1. The fourth-order valence-electron chi connectivity index (χ4n) is 2.21. The topological polar surface area (TPSA) is 117 Å². The maximum absolute atomic E-state index is 11.5. The summed E-state index contributed by atoms with van der Waals surface area (Å²) in [4.78, 5) is 8.70. The number of aryl methyl sites for hydroxylation is 2. The molecule has 0 aliphatic carbocycles. The van der Waals surface area contributed by atoms with Gasteiger partial charge < -0.3 is 9.09 Å². The molecule has 2 aromatic heterocycles. The number of sulfonamides is 1. The third-order valence-corrected chi connectivity index (χ3v) is 5.10. The van der Waals surface area contributed by atoms with E-state index in [9.17, 15) is 8.42 Å². The summed E-state index contributed by atoms with van der Waals surface area (Å²) in [6.45, 7) is 4.46. The average molecular weight is 353 g/mol. The molecule has 0 saturated carbocycles. The van der Waals surface area contributed by atoms with Gasteiger partial charge >= 0.3 is 0 Å². The average Bonchev–Trinajstić information content (AvgIpc) is 3.06. The zero-order chi connectivity index (χ0) is 16.6. The van der Waals surface area contributed by atoms with Gasteiger partial charge in [-0.2, -0.15) is 4.98 Å². The van der Waals surface area contributed by atoms with Gasteiger partial charge in [0.05, 0.1) is 21.7 Å². The number of hydrogen-bond acceptors (Lipinski definition) is 7. The first-order valence-corrected chi connectivity index (χ1v) is 9.36. The molecule has 0 spiro atoms. The van der Waals surface area contributed by atoms with Crippen molar-refractivity contribution in [3.63, 3.8) is 0 Å². The second kappa shape index (κ2) is 5.95. The second-order valence-electron chi connectivity index (χ2n) is 4.86. The van der Waals surface area contributed by atoms with E-state index in [0.29, 0.717) is 29.5 Å². The summed E-state index contributed by atoms with van der Waals surface area (Å²) in [5.74, 6) is 1.60. The first kappa shape index (κ1) is 16.0. The van der Waals surface area contributed by atoms with Gasteiger partial charge in [0.25, 0.3) is 0 Å². The zero-order valence-electron chi connectivity index (χ0n) is 12.6. The van der Waals surface area contributed by atoms with Crippen LogP contribution in [0, 0.1) is 6.92 Å². The molecule has 0 saturated heterocycles. The first-order valence-electron chi connectivity index (χ1n) is 6.83. The van der Waals surface area contributed by atoms with Crippen LogP contribution in [0.15, 0.2) is 32.8 Å².